The lowest BCUT2D eigenvalue weighted by Crippen LogP contribution is -2.10. The van der Waals surface area contributed by atoms with E-state index in [1.54, 1.807) is 0 Å². The molecule has 4 heteroatoms. The van der Waals surface area contributed by atoms with E-state index in [9.17, 15) is 4.57 Å². The number of unbranched alkanes of at least 4 members (excludes halogenated alkanes) is 10. The summed E-state index contributed by atoms with van der Waals surface area (Å²) in [6, 6.07) is 9.27. The fraction of sp³-hybridized carbons (Fsp3) is 0.714. The number of hydrogen-bond donors (Lipinski definition) is 0. The van der Waals surface area contributed by atoms with E-state index in [2.05, 4.69) is 6.92 Å². The first-order valence-electron chi connectivity index (χ1n) is 10.2. The normalized spacial score (nSPS) is 13.7. The third-order valence-electron chi connectivity index (χ3n) is 4.38. The van der Waals surface area contributed by atoms with Crippen LogP contribution in [0, 0.1) is 0 Å². The Morgan fingerprint density at radius 3 is 1.76 bits per heavy atom. The molecule has 0 aliphatic rings. The molecule has 0 fully saturated rings. The van der Waals surface area contributed by atoms with Crippen molar-refractivity contribution in [3.05, 3.63) is 30.3 Å². The summed E-state index contributed by atoms with van der Waals surface area (Å²) in [6.07, 6.45) is 14.2. The van der Waals surface area contributed by atoms with Gasteiger partial charge in [0.15, 0.2) is 0 Å². The van der Waals surface area contributed by atoms with E-state index in [1.807, 2.05) is 37.3 Å². The van der Waals surface area contributed by atoms with Crippen LogP contribution in [0.4, 0.5) is 0 Å². The van der Waals surface area contributed by atoms with E-state index < -0.39 is 7.60 Å². The summed E-state index contributed by atoms with van der Waals surface area (Å²) in [7, 11) is -3.15. The molecule has 1 unspecified atom stereocenters. The molecule has 0 bridgehead atoms. The van der Waals surface area contributed by atoms with Gasteiger partial charge in [0.1, 0.15) is 0 Å². The zero-order chi connectivity index (χ0) is 18.2. The Balaban J connectivity index is 2.08. The van der Waals surface area contributed by atoms with Crippen molar-refractivity contribution in [1.29, 1.82) is 0 Å². The average Bonchev–Trinajstić information content (AvgIpc) is 2.63. The molecule has 144 valence electrons. The Kier molecular flexibility index (Phi) is 13.0. The van der Waals surface area contributed by atoms with Crippen molar-refractivity contribution < 1.29 is 13.6 Å². The Labute approximate surface area is 155 Å². The van der Waals surface area contributed by atoms with Crippen LogP contribution in [0.3, 0.4) is 0 Å². The topological polar surface area (TPSA) is 35.5 Å². The van der Waals surface area contributed by atoms with Gasteiger partial charge in [-0.2, -0.15) is 0 Å². The van der Waals surface area contributed by atoms with Crippen molar-refractivity contribution in [3.8, 4) is 0 Å². The smallest absolute Gasteiger partial charge is 0.305 e. The standard InChI is InChI=1S/C21H37O3P/c1-3-5-6-7-8-9-10-11-12-13-17-20-24-25(22,23-4-2)21-18-15-14-16-19-21/h14-16,18-19H,3-13,17,20H2,1-2H3. The van der Waals surface area contributed by atoms with Crippen LogP contribution in [0.25, 0.3) is 0 Å². The molecule has 0 spiro atoms. The van der Waals surface area contributed by atoms with Gasteiger partial charge in [-0.3, -0.25) is 4.57 Å². The summed E-state index contributed by atoms with van der Waals surface area (Å²) in [4.78, 5) is 0. The molecular formula is C21H37O3P. The summed E-state index contributed by atoms with van der Waals surface area (Å²) < 4.78 is 24.0. The van der Waals surface area contributed by atoms with Crippen molar-refractivity contribution in [1.82, 2.24) is 0 Å². The zero-order valence-corrected chi connectivity index (χ0v) is 17.1. The largest absolute Gasteiger partial charge is 0.361 e. The van der Waals surface area contributed by atoms with Crippen LogP contribution in [-0.4, -0.2) is 13.2 Å². The van der Waals surface area contributed by atoms with Gasteiger partial charge in [-0.05, 0) is 25.5 Å². The fourth-order valence-electron chi connectivity index (χ4n) is 2.92. The van der Waals surface area contributed by atoms with Gasteiger partial charge in [-0.15, -0.1) is 0 Å². The molecular weight excluding hydrogens is 331 g/mol. The van der Waals surface area contributed by atoms with Gasteiger partial charge in [-0.1, -0.05) is 89.3 Å². The lowest BCUT2D eigenvalue weighted by molar-refractivity contribution is 0.217. The molecule has 1 rings (SSSR count). The van der Waals surface area contributed by atoms with Crippen LogP contribution in [0.5, 0.6) is 0 Å². The third-order valence-corrected chi connectivity index (χ3v) is 6.43. The van der Waals surface area contributed by atoms with Crippen LogP contribution >= 0.6 is 7.60 Å². The molecule has 3 nitrogen and oxygen atoms in total. The summed E-state index contributed by atoms with van der Waals surface area (Å²) in [5.74, 6) is 0. The molecule has 0 heterocycles. The molecule has 0 radical (unpaired) electrons. The summed E-state index contributed by atoms with van der Waals surface area (Å²) >= 11 is 0. The first-order valence-corrected chi connectivity index (χ1v) is 11.7. The second kappa shape index (κ2) is 14.5. The maximum atomic E-state index is 12.9. The Bertz CT molecular complexity index is 461. The van der Waals surface area contributed by atoms with Crippen molar-refractivity contribution in [2.24, 2.45) is 0 Å². The van der Waals surface area contributed by atoms with Crippen LogP contribution in [-0.2, 0) is 13.6 Å². The van der Waals surface area contributed by atoms with Gasteiger partial charge in [0, 0.05) is 0 Å². The first-order chi connectivity index (χ1) is 12.2. The summed E-state index contributed by atoms with van der Waals surface area (Å²) in [6.45, 7) is 5.01. The van der Waals surface area contributed by atoms with Gasteiger partial charge in [0.2, 0.25) is 0 Å². The molecule has 0 aromatic heterocycles. The molecule has 0 aliphatic heterocycles. The molecule has 0 saturated carbocycles. The van der Waals surface area contributed by atoms with Gasteiger partial charge in [0.05, 0.1) is 18.5 Å². The molecule has 1 aromatic carbocycles. The van der Waals surface area contributed by atoms with Crippen LogP contribution in [0.2, 0.25) is 0 Å². The first kappa shape index (κ1) is 22.4. The molecule has 0 aliphatic carbocycles. The van der Waals surface area contributed by atoms with Crippen molar-refractivity contribution in [2.75, 3.05) is 13.2 Å². The van der Waals surface area contributed by atoms with Crippen LogP contribution in [0.1, 0.15) is 84.5 Å². The van der Waals surface area contributed by atoms with Crippen molar-refractivity contribution in [3.63, 3.8) is 0 Å². The molecule has 25 heavy (non-hydrogen) atoms. The molecule has 1 atom stereocenters. The van der Waals surface area contributed by atoms with E-state index in [4.69, 9.17) is 9.05 Å². The van der Waals surface area contributed by atoms with E-state index in [0.29, 0.717) is 18.5 Å². The highest BCUT2D eigenvalue weighted by Crippen LogP contribution is 2.46. The van der Waals surface area contributed by atoms with Gasteiger partial charge < -0.3 is 9.05 Å². The molecule has 1 aromatic rings. The van der Waals surface area contributed by atoms with E-state index in [-0.39, 0.29) is 0 Å². The Hall–Kier alpha value is -0.630. The van der Waals surface area contributed by atoms with E-state index in [1.165, 1.54) is 57.8 Å². The van der Waals surface area contributed by atoms with Crippen LogP contribution < -0.4 is 5.30 Å². The lowest BCUT2D eigenvalue weighted by Gasteiger charge is -2.17. The fourth-order valence-corrected chi connectivity index (χ4v) is 4.54. The predicted molar refractivity (Wildman–Crippen MR) is 108 cm³/mol. The maximum Gasteiger partial charge on any atom is 0.361 e. The van der Waals surface area contributed by atoms with Crippen LogP contribution in [0.15, 0.2) is 30.3 Å². The highest BCUT2D eigenvalue weighted by Gasteiger charge is 2.26. The van der Waals surface area contributed by atoms with Gasteiger partial charge >= 0.3 is 7.60 Å². The highest BCUT2D eigenvalue weighted by atomic mass is 31.2. The Morgan fingerprint density at radius 2 is 1.24 bits per heavy atom. The second-order valence-electron chi connectivity index (χ2n) is 6.62. The highest BCUT2D eigenvalue weighted by molar-refractivity contribution is 7.62. The second-order valence-corrected chi connectivity index (χ2v) is 8.65. The lowest BCUT2D eigenvalue weighted by atomic mass is 10.1. The maximum absolute atomic E-state index is 12.9. The molecule has 0 amide bonds. The molecule has 0 N–H and O–H groups in total. The minimum atomic E-state index is -3.15. The Morgan fingerprint density at radius 1 is 0.720 bits per heavy atom. The summed E-state index contributed by atoms with van der Waals surface area (Å²) in [5.41, 5.74) is 0. The SMILES string of the molecule is CCCCCCCCCCCCCOP(=O)(OCC)c1ccccc1. The minimum Gasteiger partial charge on any atom is -0.305 e. The van der Waals surface area contributed by atoms with Crippen molar-refractivity contribution in [2.45, 2.75) is 84.5 Å². The quantitative estimate of drug-likeness (QED) is 0.236. The zero-order valence-electron chi connectivity index (χ0n) is 16.3. The summed E-state index contributed by atoms with van der Waals surface area (Å²) in [5, 5.41) is 0.653. The number of hydrogen-bond acceptors (Lipinski definition) is 3. The van der Waals surface area contributed by atoms with Crippen molar-refractivity contribution >= 4 is 12.9 Å². The minimum absolute atomic E-state index is 0.393. The third kappa shape index (κ3) is 10.2. The molecule has 0 saturated heterocycles. The number of rotatable bonds is 16. The predicted octanol–water partition coefficient (Wildman–Crippen LogP) is 6.87. The van der Waals surface area contributed by atoms with Gasteiger partial charge in [-0.25, -0.2) is 0 Å². The number of benzene rings is 1. The monoisotopic (exact) mass is 368 g/mol. The van der Waals surface area contributed by atoms with E-state index >= 15 is 0 Å². The average molecular weight is 368 g/mol. The van der Waals surface area contributed by atoms with E-state index in [0.717, 1.165) is 12.8 Å². The van der Waals surface area contributed by atoms with Gasteiger partial charge in [0.25, 0.3) is 0 Å².